The van der Waals surface area contributed by atoms with E-state index in [0.29, 0.717) is 36.9 Å². The first-order valence-electron chi connectivity index (χ1n) is 13.7. The molecule has 41 heavy (non-hydrogen) atoms. The van der Waals surface area contributed by atoms with Crippen molar-refractivity contribution in [2.45, 2.75) is 44.0 Å². The lowest BCUT2D eigenvalue weighted by atomic mass is 9.88. The van der Waals surface area contributed by atoms with Gasteiger partial charge in [-0.05, 0) is 48.6 Å². The van der Waals surface area contributed by atoms with Gasteiger partial charge in [0.15, 0.2) is 18.2 Å². The molecule has 12 heteroatoms. The molecule has 1 saturated heterocycles. The summed E-state index contributed by atoms with van der Waals surface area (Å²) in [7, 11) is 1.88. The Kier molecular flexibility index (Phi) is 6.19. The van der Waals surface area contributed by atoms with E-state index in [1.807, 2.05) is 43.6 Å². The highest BCUT2D eigenvalue weighted by atomic mass is 16.6. The summed E-state index contributed by atoms with van der Waals surface area (Å²) in [6.45, 7) is 1.05. The number of aryl methyl sites for hydroxylation is 1. The Labute approximate surface area is 234 Å². The lowest BCUT2D eigenvalue weighted by molar-refractivity contribution is -0.118. The molecule has 12 nitrogen and oxygen atoms in total. The Morgan fingerprint density at radius 3 is 2.80 bits per heavy atom. The molecule has 0 spiro atoms. The van der Waals surface area contributed by atoms with Crippen molar-refractivity contribution in [3.05, 3.63) is 65.1 Å². The highest BCUT2D eigenvalue weighted by Gasteiger charge is 2.46. The summed E-state index contributed by atoms with van der Waals surface area (Å²) in [6, 6.07) is 14.9. The van der Waals surface area contributed by atoms with Crippen LogP contribution in [0.25, 0.3) is 22.2 Å². The summed E-state index contributed by atoms with van der Waals surface area (Å²) in [5, 5.41) is 11.7. The third-order valence-corrected chi connectivity index (χ3v) is 8.01. The zero-order valence-corrected chi connectivity index (χ0v) is 22.4. The minimum absolute atomic E-state index is 0.0549. The highest BCUT2D eigenvalue weighted by molar-refractivity contribution is 5.95. The van der Waals surface area contributed by atoms with Gasteiger partial charge in [0.1, 0.15) is 11.9 Å². The molecule has 1 saturated carbocycles. The van der Waals surface area contributed by atoms with Crippen molar-refractivity contribution in [3.63, 3.8) is 0 Å². The number of anilines is 2. The van der Waals surface area contributed by atoms with Crippen LogP contribution >= 0.6 is 0 Å². The summed E-state index contributed by atoms with van der Waals surface area (Å²) >= 11 is 0. The average molecular weight is 556 g/mol. The van der Waals surface area contributed by atoms with Crippen LogP contribution in [0.15, 0.2) is 59.5 Å². The lowest BCUT2D eigenvalue weighted by Crippen LogP contribution is -2.46. The van der Waals surface area contributed by atoms with E-state index in [1.54, 1.807) is 32.3 Å². The first-order valence-corrected chi connectivity index (χ1v) is 13.7. The molecular weight excluding hydrogens is 526 g/mol. The van der Waals surface area contributed by atoms with Gasteiger partial charge in [0, 0.05) is 50.4 Å². The third-order valence-electron chi connectivity index (χ3n) is 8.01. The van der Waals surface area contributed by atoms with Crippen molar-refractivity contribution in [3.8, 4) is 17.0 Å². The molecule has 0 bridgehead atoms. The number of pyridine rings is 2. The number of ether oxygens (including phenoxy) is 2. The van der Waals surface area contributed by atoms with Crippen LogP contribution in [0.3, 0.4) is 0 Å². The van der Waals surface area contributed by atoms with E-state index < -0.39 is 6.09 Å². The summed E-state index contributed by atoms with van der Waals surface area (Å²) in [5.74, 6) is 0.929. The number of carbonyl (C=O) groups is 2. The van der Waals surface area contributed by atoms with Crippen LogP contribution in [-0.4, -0.2) is 62.7 Å². The molecule has 2 amide bonds. The Morgan fingerprint density at radius 2 is 1.95 bits per heavy atom. The monoisotopic (exact) mass is 555 g/mol. The molecule has 3 aliphatic rings. The standard InChI is InChI=1S/C29H29N7O5/c1-34-12-10-20(33-34)18-3-2-17-4-9-27(38)35(22(17)14-18)13-11-30-19-5-6-21-24(15-19)41-29(39)36(21)25-8-7-23-28(31-25)32-26(37)16-40-23/h2-4,7-10,12,14,19,21,24,30H,5-6,11,13,15-16H2,1H3,(H,31,32,37)/t19-,21?,24-/m0/s1. The second-order valence-electron chi connectivity index (χ2n) is 10.6. The van der Waals surface area contributed by atoms with E-state index in [0.717, 1.165) is 35.0 Å². The SMILES string of the molecule is Cn1ccc(-c2ccc3ccc(=O)n(CCN[C@H]4CCC5[C@H](C4)OC(=O)N5c4ccc5c(n4)NC(=O)CO5)c3c2)n1. The van der Waals surface area contributed by atoms with Gasteiger partial charge in [-0.25, -0.2) is 9.78 Å². The maximum Gasteiger partial charge on any atom is 0.416 e. The first kappa shape index (κ1) is 25.3. The topological polar surface area (TPSA) is 133 Å². The van der Waals surface area contributed by atoms with Crippen LogP contribution in [0.5, 0.6) is 5.75 Å². The van der Waals surface area contributed by atoms with Gasteiger partial charge >= 0.3 is 6.09 Å². The normalized spacial score (nSPS) is 21.7. The molecular formula is C29H29N7O5. The van der Waals surface area contributed by atoms with E-state index in [2.05, 4.69) is 20.7 Å². The van der Waals surface area contributed by atoms with Gasteiger partial charge < -0.3 is 24.7 Å². The van der Waals surface area contributed by atoms with Gasteiger partial charge in [0.05, 0.1) is 17.3 Å². The Morgan fingerprint density at radius 1 is 1.07 bits per heavy atom. The van der Waals surface area contributed by atoms with Crippen molar-refractivity contribution in [1.29, 1.82) is 0 Å². The summed E-state index contributed by atoms with van der Waals surface area (Å²) in [6.07, 6.45) is 3.41. The van der Waals surface area contributed by atoms with Crippen molar-refractivity contribution >= 4 is 34.5 Å². The maximum absolute atomic E-state index is 12.9. The summed E-state index contributed by atoms with van der Waals surface area (Å²) in [4.78, 5) is 43.5. The number of nitrogens with zero attached hydrogens (tertiary/aromatic N) is 5. The molecule has 1 unspecified atom stereocenters. The van der Waals surface area contributed by atoms with Crippen LogP contribution < -0.4 is 25.8 Å². The zero-order valence-electron chi connectivity index (χ0n) is 22.4. The molecule has 1 aromatic carbocycles. The molecule has 2 N–H and O–H groups in total. The maximum atomic E-state index is 12.9. The zero-order chi connectivity index (χ0) is 28.1. The molecule has 5 heterocycles. The second-order valence-corrected chi connectivity index (χ2v) is 10.6. The number of hydrogen-bond donors (Lipinski definition) is 2. The van der Waals surface area contributed by atoms with Crippen LogP contribution in [0.2, 0.25) is 0 Å². The van der Waals surface area contributed by atoms with Gasteiger partial charge in [-0.15, -0.1) is 0 Å². The lowest BCUT2D eigenvalue weighted by Gasteiger charge is -2.33. The molecule has 3 aromatic heterocycles. The number of benzene rings is 1. The minimum atomic E-state index is -0.442. The Balaban J connectivity index is 1.02. The third kappa shape index (κ3) is 4.69. The van der Waals surface area contributed by atoms with Crippen molar-refractivity contribution in [2.75, 3.05) is 23.4 Å². The Bertz CT molecular complexity index is 1730. The minimum Gasteiger partial charge on any atom is -0.480 e. The number of carbonyl (C=O) groups excluding carboxylic acids is 2. The van der Waals surface area contributed by atoms with E-state index in [9.17, 15) is 14.4 Å². The van der Waals surface area contributed by atoms with E-state index in [1.165, 1.54) is 0 Å². The fraction of sp³-hybridized carbons (Fsp3) is 0.345. The molecule has 2 fully saturated rings. The van der Waals surface area contributed by atoms with E-state index in [-0.39, 0.29) is 36.3 Å². The predicted molar refractivity (Wildman–Crippen MR) is 151 cm³/mol. The summed E-state index contributed by atoms with van der Waals surface area (Å²) < 4.78 is 14.7. The summed E-state index contributed by atoms with van der Waals surface area (Å²) in [5.41, 5.74) is 2.63. The Hall–Kier alpha value is -4.71. The molecule has 4 aromatic rings. The van der Waals surface area contributed by atoms with Crippen LogP contribution in [0, 0.1) is 0 Å². The number of hydrogen-bond acceptors (Lipinski definition) is 8. The molecule has 210 valence electrons. The van der Waals surface area contributed by atoms with Crippen molar-refractivity contribution in [2.24, 2.45) is 7.05 Å². The van der Waals surface area contributed by atoms with Crippen LogP contribution in [0.4, 0.5) is 16.4 Å². The molecule has 1 aliphatic carbocycles. The number of aromatic nitrogens is 4. The largest absolute Gasteiger partial charge is 0.480 e. The van der Waals surface area contributed by atoms with Crippen molar-refractivity contribution < 1.29 is 19.1 Å². The number of amides is 2. The molecule has 2 aliphatic heterocycles. The molecule has 3 atom stereocenters. The quantitative estimate of drug-likeness (QED) is 0.371. The van der Waals surface area contributed by atoms with E-state index in [4.69, 9.17) is 9.47 Å². The number of nitrogens with one attached hydrogen (secondary N) is 2. The number of rotatable bonds is 6. The van der Waals surface area contributed by atoms with Gasteiger partial charge in [-0.2, -0.15) is 5.10 Å². The smallest absolute Gasteiger partial charge is 0.416 e. The van der Waals surface area contributed by atoms with Crippen LogP contribution in [-0.2, 0) is 23.1 Å². The van der Waals surface area contributed by atoms with Crippen molar-refractivity contribution in [1.82, 2.24) is 24.6 Å². The van der Waals surface area contributed by atoms with Gasteiger partial charge in [-0.1, -0.05) is 12.1 Å². The number of fused-ring (bicyclic) bond motifs is 3. The molecule has 0 radical (unpaired) electrons. The second kappa shape index (κ2) is 10.0. The van der Waals surface area contributed by atoms with Gasteiger partial charge in [0.25, 0.3) is 11.5 Å². The fourth-order valence-electron chi connectivity index (χ4n) is 6.02. The highest BCUT2D eigenvalue weighted by Crippen LogP contribution is 2.37. The predicted octanol–water partition coefficient (Wildman–Crippen LogP) is 2.66. The van der Waals surface area contributed by atoms with E-state index >= 15 is 0 Å². The fourth-order valence-corrected chi connectivity index (χ4v) is 6.02. The van der Waals surface area contributed by atoms with Gasteiger partial charge in [-0.3, -0.25) is 19.2 Å². The van der Waals surface area contributed by atoms with Crippen LogP contribution in [0.1, 0.15) is 19.3 Å². The average Bonchev–Trinajstić information content (AvgIpc) is 3.55. The molecule has 7 rings (SSSR count). The first-order chi connectivity index (χ1) is 19.9. The van der Waals surface area contributed by atoms with Gasteiger partial charge in [0.2, 0.25) is 0 Å².